The van der Waals surface area contributed by atoms with Crippen molar-refractivity contribution in [2.45, 2.75) is 13.0 Å². The van der Waals surface area contributed by atoms with Gasteiger partial charge in [-0.05, 0) is 30.7 Å². The number of hydrogen-bond acceptors (Lipinski definition) is 5. The largest absolute Gasteiger partial charge is 0.343 e. The number of allylic oxidation sites excluding steroid dienone is 1. The van der Waals surface area contributed by atoms with Crippen molar-refractivity contribution in [3.05, 3.63) is 83.5 Å². The van der Waals surface area contributed by atoms with Gasteiger partial charge in [-0.15, -0.1) is 0 Å². The number of carbonyl (C=O) groups excluding carboxylic acids is 1. The highest BCUT2D eigenvalue weighted by atomic mass is 16.1. The van der Waals surface area contributed by atoms with E-state index in [-0.39, 0.29) is 5.91 Å². The molecular formula is C20H16N6O. The molecule has 1 aromatic carbocycles. The van der Waals surface area contributed by atoms with Crippen molar-refractivity contribution >= 4 is 17.4 Å². The third-order valence-electron chi connectivity index (χ3n) is 4.42. The molecule has 0 fully saturated rings. The molecule has 132 valence electrons. The van der Waals surface area contributed by atoms with Gasteiger partial charge < -0.3 is 10.6 Å². The van der Waals surface area contributed by atoms with Crippen molar-refractivity contribution in [3.63, 3.8) is 0 Å². The van der Waals surface area contributed by atoms with Gasteiger partial charge in [-0.1, -0.05) is 24.3 Å². The van der Waals surface area contributed by atoms with Crippen LogP contribution in [-0.4, -0.2) is 20.7 Å². The first-order valence-electron chi connectivity index (χ1n) is 8.40. The molecule has 0 bridgehead atoms. The third kappa shape index (κ3) is 2.93. The van der Waals surface area contributed by atoms with Crippen LogP contribution in [0.2, 0.25) is 0 Å². The molecule has 0 saturated carbocycles. The lowest BCUT2D eigenvalue weighted by molar-refractivity contribution is -0.113. The highest BCUT2D eigenvalue weighted by molar-refractivity contribution is 6.06. The molecule has 4 rings (SSSR count). The van der Waals surface area contributed by atoms with Crippen molar-refractivity contribution in [2.24, 2.45) is 0 Å². The summed E-state index contributed by atoms with van der Waals surface area (Å²) in [4.78, 5) is 17.3. The van der Waals surface area contributed by atoms with E-state index >= 15 is 0 Å². The third-order valence-corrected chi connectivity index (χ3v) is 4.42. The van der Waals surface area contributed by atoms with Crippen molar-refractivity contribution < 1.29 is 4.79 Å². The van der Waals surface area contributed by atoms with E-state index in [1.54, 1.807) is 17.1 Å². The second-order valence-corrected chi connectivity index (χ2v) is 6.14. The predicted molar refractivity (Wildman–Crippen MR) is 101 cm³/mol. The van der Waals surface area contributed by atoms with Gasteiger partial charge in [-0.3, -0.25) is 9.78 Å². The number of aromatic nitrogens is 3. The molecule has 1 amide bonds. The lowest BCUT2D eigenvalue weighted by atomic mass is 9.95. The van der Waals surface area contributed by atoms with Crippen molar-refractivity contribution in [2.75, 3.05) is 10.6 Å². The number of pyridine rings is 1. The van der Waals surface area contributed by atoms with Crippen LogP contribution >= 0.6 is 0 Å². The van der Waals surface area contributed by atoms with Gasteiger partial charge in [0.05, 0.1) is 11.8 Å². The van der Waals surface area contributed by atoms with Gasteiger partial charge in [-0.25, -0.2) is 4.68 Å². The number of carbonyl (C=O) groups is 1. The molecule has 0 unspecified atom stereocenters. The molecule has 7 heteroatoms. The minimum Gasteiger partial charge on any atom is -0.343 e. The van der Waals surface area contributed by atoms with Crippen molar-refractivity contribution in [1.29, 1.82) is 5.26 Å². The zero-order valence-electron chi connectivity index (χ0n) is 14.5. The highest BCUT2D eigenvalue weighted by Crippen LogP contribution is 2.37. The number of nitrogens with one attached hydrogen (secondary N) is 2. The van der Waals surface area contributed by atoms with Gasteiger partial charge in [0.25, 0.3) is 5.91 Å². The lowest BCUT2D eigenvalue weighted by Crippen LogP contribution is -2.31. The van der Waals surface area contributed by atoms with Crippen LogP contribution in [0.1, 0.15) is 24.1 Å². The zero-order valence-corrected chi connectivity index (χ0v) is 14.5. The van der Waals surface area contributed by atoms with Gasteiger partial charge >= 0.3 is 0 Å². The van der Waals surface area contributed by atoms with Crippen LogP contribution in [0.5, 0.6) is 0 Å². The monoisotopic (exact) mass is 356 g/mol. The fourth-order valence-electron chi connectivity index (χ4n) is 3.20. The maximum Gasteiger partial charge on any atom is 0.255 e. The molecule has 0 aliphatic carbocycles. The standard InChI is InChI=1S/C20H16N6O/c1-13-17(20(27)25-16-7-3-2-4-8-16)18(14-6-5-9-22-11-14)26-19(24-13)15(10-21)12-23-26/h2-9,11-12,18,24H,1H3,(H,25,27)/t18-/m1/s1. The van der Waals surface area contributed by atoms with E-state index in [2.05, 4.69) is 26.8 Å². The van der Waals surface area contributed by atoms with Crippen LogP contribution in [-0.2, 0) is 4.79 Å². The molecular weight excluding hydrogens is 340 g/mol. The minimum atomic E-state index is -0.485. The summed E-state index contributed by atoms with van der Waals surface area (Å²) in [5, 5.41) is 19.8. The molecule has 2 N–H and O–H groups in total. The number of nitriles is 1. The normalized spacial score (nSPS) is 15.5. The summed E-state index contributed by atoms with van der Waals surface area (Å²) < 4.78 is 1.66. The number of rotatable bonds is 3. The number of para-hydroxylation sites is 1. The molecule has 0 saturated heterocycles. The smallest absolute Gasteiger partial charge is 0.255 e. The molecule has 27 heavy (non-hydrogen) atoms. The SMILES string of the molecule is CC1=C(C(=O)Nc2ccccc2)[C@@H](c2cccnc2)n2ncc(C#N)c2N1. The Morgan fingerprint density at radius 2 is 2.04 bits per heavy atom. The van der Waals surface area contributed by atoms with Crippen LogP contribution in [0, 0.1) is 11.3 Å². The molecule has 7 nitrogen and oxygen atoms in total. The van der Waals surface area contributed by atoms with E-state index < -0.39 is 6.04 Å². The average Bonchev–Trinajstić information content (AvgIpc) is 3.10. The Labute approximate surface area is 156 Å². The summed E-state index contributed by atoms with van der Waals surface area (Å²) in [6.45, 7) is 1.82. The quantitative estimate of drug-likeness (QED) is 0.752. The van der Waals surface area contributed by atoms with Gasteiger partial charge in [0.15, 0.2) is 0 Å². The molecule has 1 atom stereocenters. The van der Waals surface area contributed by atoms with Crippen LogP contribution in [0.15, 0.2) is 72.3 Å². The molecule has 3 heterocycles. The molecule has 1 aliphatic rings. The van der Waals surface area contributed by atoms with E-state index in [1.165, 1.54) is 6.20 Å². The fraction of sp³-hybridized carbons (Fsp3) is 0.100. The molecule has 0 radical (unpaired) electrons. The molecule has 0 spiro atoms. The maximum absolute atomic E-state index is 13.1. The number of fused-ring (bicyclic) bond motifs is 1. The molecule has 1 aliphatic heterocycles. The van der Waals surface area contributed by atoms with E-state index in [0.717, 1.165) is 5.56 Å². The Hall–Kier alpha value is -3.92. The number of nitrogens with zero attached hydrogens (tertiary/aromatic N) is 4. The van der Waals surface area contributed by atoms with Crippen LogP contribution in [0.3, 0.4) is 0 Å². The lowest BCUT2D eigenvalue weighted by Gasteiger charge is -2.29. The zero-order chi connectivity index (χ0) is 18.8. The van der Waals surface area contributed by atoms with E-state index in [1.807, 2.05) is 49.4 Å². The second-order valence-electron chi connectivity index (χ2n) is 6.14. The van der Waals surface area contributed by atoms with Gasteiger partial charge in [0.2, 0.25) is 0 Å². The summed E-state index contributed by atoms with van der Waals surface area (Å²) in [5.74, 6) is 0.333. The van der Waals surface area contributed by atoms with Crippen LogP contribution in [0.4, 0.5) is 11.5 Å². The van der Waals surface area contributed by atoms with Crippen molar-refractivity contribution in [3.8, 4) is 6.07 Å². The summed E-state index contributed by atoms with van der Waals surface area (Å²) >= 11 is 0. The van der Waals surface area contributed by atoms with Gasteiger partial charge in [0.1, 0.15) is 23.5 Å². The molecule has 3 aromatic rings. The first-order chi connectivity index (χ1) is 13.2. The number of hydrogen-bond donors (Lipinski definition) is 2. The summed E-state index contributed by atoms with van der Waals surface area (Å²) in [5.41, 5.74) is 3.13. The Morgan fingerprint density at radius 1 is 1.22 bits per heavy atom. The Balaban J connectivity index is 1.81. The van der Waals surface area contributed by atoms with Gasteiger partial charge in [-0.2, -0.15) is 10.4 Å². The first-order valence-corrected chi connectivity index (χ1v) is 8.40. The van der Waals surface area contributed by atoms with E-state index in [0.29, 0.717) is 28.3 Å². The first kappa shape index (κ1) is 16.5. The Kier molecular flexibility index (Phi) is 4.15. The van der Waals surface area contributed by atoms with E-state index in [4.69, 9.17) is 0 Å². The average molecular weight is 356 g/mol. The minimum absolute atomic E-state index is 0.236. The van der Waals surface area contributed by atoms with Crippen LogP contribution < -0.4 is 10.6 Å². The summed E-state index contributed by atoms with van der Waals surface area (Å²) in [7, 11) is 0. The number of anilines is 2. The predicted octanol–water partition coefficient (Wildman–Crippen LogP) is 3.08. The summed E-state index contributed by atoms with van der Waals surface area (Å²) in [6, 6.07) is 14.6. The highest BCUT2D eigenvalue weighted by Gasteiger charge is 2.34. The molecule has 2 aromatic heterocycles. The summed E-state index contributed by atoms with van der Waals surface area (Å²) in [6.07, 6.45) is 4.88. The van der Waals surface area contributed by atoms with Crippen LogP contribution in [0.25, 0.3) is 0 Å². The number of amides is 1. The van der Waals surface area contributed by atoms with Crippen molar-refractivity contribution in [1.82, 2.24) is 14.8 Å². The topological polar surface area (TPSA) is 95.6 Å². The number of benzene rings is 1. The fourth-order valence-corrected chi connectivity index (χ4v) is 3.20. The Bertz CT molecular complexity index is 1060. The Morgan fingerprint density at radius 3 is 2.74 bits per heavy atom. The maximum atomic E-state index is 13.1. The second kappa shape index (κ2) is 6.77. The van der Waals surface area contributed by atoms with Gasteiger partial charge in [0, 0.05) is 23.8 Å². The van der Waals surface area contributed by atoms with E-state index in [9.17, 15) is 10.1 Å².